The topological polar surface area (TPSA) is 23.5 Å². The van der Waals surface area contributed by atoms with E-state index in [1.807, 2.05) is 0 Å². The minimum atomic E-state index is -0.0545. The number of nitrogens with zero attached hydrogens (tertiary/aromatic N) is 1. The van der Waals surface area contributed by atoms with Gasteiger partial charge < -0.3 is 5.11 Å². The summed E-state index contributed by atoms with van der Waals surface area (Å²) in [5.74, 6) is 6.67. The van der Waals surface area contributed by atoms with E-state index in [0.29, 0.717) is 0 Å². The van der Waals surface area contributed by atoms with Crippen LogP contribution in [0.25, 0.3) is 0 Å². The Morgan fingerprint density at radius 1 is 1.25 bits per heavy atom. The van der Waals surface area contributed by atoms with Gasteiger partial charge in [-0.3, -0.25) is 4.90 Å². The van der Waals surface area contributed by atoms with E-state index in [0.717, 1.165) is 24.1 Å². The van der Waals surface area contributed by atoms with Crippen LogP contribution in [0.4, 0.5) is 0 Å². The second-order valence-corrected chi connectivity index (χ2v) is 6.98. The molecule has 0 bridgehead atoms. The Morgan fingerprint density at radius 2 is 2.10 bits per heavy atom. The Bertz CT molecular complexity index is 493. The predicted molar refractivity (Wildman–Crippen MR) is 83.7 cm³/mol. The van der Waals surface area contributed by atoms with Crippen LogP contribution in [0, 0.1) is 17.8 Å². The highest BCUT2D eigenvalue weighted by Gasteiger charge is 2.33. The van der Waals surface area contributed by atoms with Crippen molar-refractivity contribution in [2.75, 3.05) is 13.2 Å². The first kappa shape index (κ1) is 14.1. The molecule has 1 saturated heterocycles. The van der Waals surface area contributed by atoms with Gasteiger partial charge in [0.1, 0.15) is 6.61 Å². The number of rotatable bonds is 3. The van der Waals surface area contributed by atoms with E-state index >= 15 is 0 Å². The van der Waals surface area contributed by atoms with E-state index < -0.39 is 0 Å². The molecule has 0 aromatic carbocycles. The van der Waals surface area contributed by atoms with Crippen LogP contribution in [0.15, 0.2) is 11.4 Å². The van der Waals surface area contributed by atoms with Crippen molar-refractivity contribution in [3.05, 3.63) is 21.9 Å². The number of aliphatic hydroxyl groups is 1. The maximum absolute atomic E-state index is 8.74. The molecule has 0 radical (unpaired) electrons. The van der Waals surface area contributed by atoms with E-state index in [1.54, 1.807) is 11.3 Å². The van der Waals surface area contributed by atoms with Gasteiger partial charge in [0.05, 0.1) is 0 Å². The van der Waals surface area contributed by atoms with Crippen LogP contribution >= 0.6 is 11.3 Å². The van der Waals surface area contributed by atoms with Crippen molar-refractivity contribution in [1.82, 2.24) is 4.90 Å². The summed E-state index contributed by atoms with van der Waals surface area (Å²) in [5, 5.41) is 10.9. The second kappa shape index (κ2) is 6.76. The molecule has 1 aromatic rings. The van der Waals surface area contributed by atoms with Crippen molar-refractivity contribution in [3.8, 4) is 11.8 Å². The van der Waals surface area contributed by atoms with Crippen LogP contribution in [-0.2, 0) is 6.54 Å². The summed E-state index contributed by atoms with van der Waals surface area (Å²) in [7, 11) is 0. The van der Waals surface area contributed by atoms with Crippen molar-refractivity contribution in [2.45, 2.75) is 51.1 Å². The van der Waals surface area contributed by atoms with Crippen molar-refractivity contribution in [3.63, 3.8) is 0 Å². The van der Waals surface area contributed by atoms with Gasteiger partial charge in [-0.05, 0) is 44.2 Å². The van der Waals surface area contributed by atoms with Gasteiger partial charge in [0.15, 0.2) is 0 Å². The van der Waals surface area contributed by atoms with Crippen LogP contribution in [-0.4, -0.2) is 29.2 Å². The SMILES string of the molecule is OCC#Cc1csc(CN2CCCC2C2CCCC2)c1. The summed E-state index contributed by atoms with van der Waals surface area (Å²) in [6.45, 7) is 2.30. The standard InChI is InChI=1S/C17H23NOS/c19-10-4-5-14-11-16(20-13-14)12-18-9-3-8-17(18)15-6-1-2-7-15/h11,13,15,17,19H,1-3,6-10,12H2. The summed E-state index contributed by atoms with van der Waals surface area (Å²) < 4.78 is 0. The van der Waals surface area contributed by atoms with E-state index in [1.165, 1.54) is 49.9 Å². The summed E-state index contributed by atoms with van der Waals surface area (Å²) in [5.41, 5.74) is 1.05. The number of aliphatic hydroxyl groups excluding tert-OH is 1. The Balaban J connectivity index is 1.62. The molecule has 3 rings (SSSR count). The largest absolute Gasteiger partial charge is 0.384 e. The molecule has 0 spiro atoms. The maximum Gasteiger partial charge on any atom is 0.104 e. The molecule has 1 atom stereocenters. The highest BCUT2D eigenvalue weighted by Crippen LogP contribution is 2.36. The van der Waals surface area contributed by atoms with Gasteiger partial charge in [0.2, 0.25) is 0 Å². The molecule has 1 aliphatic heterocycles. The van der Waals surface area contributed by atoms with Gasteiger partial charge in [0.25, 0.3) is 0 Å². The average Bonchev–Trinajstić information content (AvgIpc) is 3.18. The van der Waals surface area contributed by atoms with Crippen molar-refractivity contribution >= 4 is 11.3 Å². The van der Waals surface area contributed by atoms with Crippen LogP contribution in [0.1, 0.15) is 49.0 Å². The molecule has 3 heteroatoms. The molecule has 1 aromatic heterocycles. The lowest BCUT2D eigenvalue weighted by atomic mass is 9.96. The molecule has 2 nitrogen and oxygen atoms in total. The lowest BCUT2D eigenvalue weighted by Gasteiger charge is -2.28. The molecule has 20 heavy (non-hydrogen) atoms. The highest BCUT2D eigenvalue weighted by atomic mass is 32.1. The van der Waals surface area contributed by atoms with Gasteiger partial charge in [-0.2, -0.15) is 0 Å². The molecule has 1 aliphatic carbocycles. The Morgan fingerprint density at radius 3 is 2.90 bits per heavy atom. The van der Waals surface area contributed by atoms with Gasteiger partial charge in [0, 0.05) is 28.4 Å². The monoisotopic (exact) mass is 289 g/mol. The Hall–Kier alpha value is -0.820. The first-order chi connectivity index (χ1) is 9.86. The average molecular weight is 289 g/mol. The third-order valence-electron chi connectivity index (χ3n) is 4.68. The zero-order chi connectivity index (χ0) is 13.8. The fraction of sp³-hybridized carbons (Fsp3) is 0.647. The van der Waals surface area contributed by atoms with Crippen molar-refractivity contribution in [1.29, 1.82) is 0 Å². The molecular formula is C17H23NOS. The molecular weight excluding hydrogens is 266 g/mol. The van der Waals surface area contributed by atoms with E-state index in [2.05, 4.69) is 28.2 Å². The summed E-state index contributed by atoms with van der Waals surface area (Å²) in [4.78, 5) is 4.11. The van der Waals surface area contributed by atoms with Gasteiger partial charge >= 0.3 is 0 Å². The fourth-order valence-electron chi connectivity index (χ4n) is 3.80. The fourth-order valence-corrected chi connectivity index (χ4v) is 4.64. The van der Waals surface area contributed by atoms with E-state index in [4.69, 9.17) is 5.11 Å². The minimum absolute atomic E-state index is 0.0545. The summed E-state index contributed by atoms with van der Waals surface area (Å²) in [6.07, 6.45) is 8.53. The zero-order valence-electron chi connectivity index (χ0n) is 12.0. The Labute approximate surface area is 125 Å². The third-order valence-corrected chi connectivity index (χ3v) is 5.60. The number of thiophene rings is 1. The van der Waals surface area contributed by atoms with Crippen LogP contribution in [0.2, 0.25) is 0 Å². The lowest BCUT2D eigenvalue weighted by molar-refractivity contribution is 0.184. The quantitative estimate of drug-likeness (QED) is 0.864. The Kier molecular flexibility index (Phi) is 4.77. The van der Waals surface area contributed by atoms with Gasteiger partial charge in [-0.1, -0.05) is 24.7 Å². The van der Waals surface area contributed by atoms with Crippen LogP contribution < -0.4 is 0 Å². The number of hydrogen-bond donors (Lipinski definition) is 1. The zero-order valence-corrected chi connectivity index (χ0v) is 12.8. The van der Waals surface area contributed by atoms with E-state index in [-0.39, 0.29) is 6.61 Å². The molecule has 2 aliphatic rings. The van der Waals surface area contributed by atoms with Crippen molar-refractivity contribution in [2.24, 2.45) is 5.92 Å². The first-order valence-electron chi connectivity index (χ1n) is 7.78. The number of likely N-dealkylation sites (tertiary alicyclic amines) is 1. The van der Waals surface area contributed by atoms with Gasteiger partial charge in [-0.15, -0.1) is 11.3 Å². The predicted octanol–water partition coefficient (Wildman–Crippen LogP) is 3.25. The normalized spacial score (nSPS) is 23.9. The first-order valence-corrected chi connectivity index (χ1v) is 8.66. The van der Waals surface area contributed by atoms with Crippen molar-refractivity contribution < 1.29 is 5.11 Å². The summed E-state index contributed by atoms with van der Waals surface area (Å²) >= 11 is 1.81. The molecule has 1 N–H and O–H groups in total. The molecule has 1 unspecified atom stereocenters. The molecule has 2 fully saturated rings. The minimum Gasteiger partial charge on any atom is -0.384 e. The molecule has 1 saturated carbocycles. The third kappa shape index (κ3) is 3.25. The molecule has 0 amide bonds. The highest BCUT2D eigenvalue weighted by molar-refractivity contribution is 7.10. The van der Waals surface area contributed by atoms with Crippen LogP contribution in [0.3, 0.4) is 0 Å². The second-order valence-electron chi connectivity index (χ2n) is 5.99. The maximum atomic E-state index is 8.74. The smallest absolute Gasteiger partial charge is 0.104 e. The van der Waals surface area contributed by atoms with Crippen LogP contribution in [0.5, 0.6) is 0 Å². The van der Waals surface area contributed by atoms with E-state index in [9.17, 15) is 0 Å². The summed E-state index contributed by atoms with van der Waals surface area (Å²) in [6, 6.07) is 3.02. The molecule has 2 heterocycles. The lowest BCUT2D eigenvalue weighted by Crippen LogP contribution is -2.33. The molecule has 108 valence electrons. The number of hydrogen-bond acceptors (Lipinski definition) is 3. The van der Waals surface area contributed by atoms with Gasteiger partial charge in [-0.25, -0.2) is 0 Å².